The summed E-state index contributed by atoms with van der Waals surface area (Å²) in [5.74, 6) is 0.891. The zero-order valence-electron chi connectivity index (χ0n) is 14.3. The van der Waals surface area contributed by atoms with Crippen LogP contribution in [0.15, 0.2) is 72.8 Å². The van der Waals surface area contributed by atoms with Crippen LogP contribution >= 0.6 is 0 Å². The lowest BCUT2D eigenvalue weighted by Crippen LogP contribution is -2.04. The first-order chi connectivity index (χ1) is 12.8. The summed E-state index contributed by atoms with van der Waals surface area (Å²) < 4.78 is 2.17. The first-order valence-electron chi connectivity index (χ1n) is 8.53. The highest BCUT2D eigenvalue weighted by molar-refractivity contribution is 5.80. The number of rotatable bonds is 4. The first kappa shape index (κ1) is 16.1. The molecule has 1 aromatic heterocycles. The van der Waals surface area contributed by atoms with Crippen molar-refractivity contribution in [2.24, 2.45) is 5.73 Å². The first-order valence-corrected chi connectivity index (χ1v) is 8.53. The third-order valence-electron chi connectivity index (χ3n) is 4.57. The summed E-state index contributed by atoms with van der Waals surface area (Å²) in [6.07, 6.45) is 0. The molecule has 2 N–H and O–H groups in total. The van der Waals surface area contributed by atoms with Crippen molar-refractivity contribution in [3.8, 4) is 17.5 Å². The van der Waals surface area contributed by atoms with Crippen LogP contribution in [0.1, 0.15) is 16.7 Å². The van der Waals surface area contributed by atoms with Gasteiger partial charge in [-0.2, -0.15) is 5.26 Å². The topological polar surface area (TPSA) is 67.6 Å². The van der Waals surface area contributed by atoms with Gasteiger partial charge in [0.2, 0.25) is 0 Å². The lowest BCUT2D eigenvalue weighted by molar-refractivity contribution is 0.832. The molecule has 0 saturated carbocycles. The fraction of sp³-hybridized carbons (Fsp3) is 0.0909. The van der Waals surface area contributed by atoms with Crippen LogP contribution in [-0.4, -0.2) is 9.55 Å². The second kappa shape index (κ2) is 6.83. The Balaban J connectivity index is 1.88. The minimum absolute atomic E-state index is 0.520. The lowest BCUT2D eigenvalue weighted by Gasteiger charge is -2.11. The predicted octanol–water partition coefficient (Wildman–Crippen LogP) is 4.08. The highest BCUT2D eigenvalue weighted by Gasteiger charge is 2.14. The van der Waals surface area contributed by atoms with E-state index >= 15 is 0 Å². The summed E-state index contributed by atoms with van der Waals surface area (Å²) in [6, 6.07) is 26.2. The van der Waals surface area contributed by atoms with Crippen molar-refractivity contribution in [3.05, 3.63) is 89.5 Å². The van der Waals surface area contributed by atoms with E-state index in [1.54, 1.807) is 0 Å². The van der Waals surface area contributed by atoms with Crippen LogP contribution < -0.4 is 5.73 Å². The van der Waals surface area contributed by atoms with Crippen molar-refractivity contribution in [3.63, 3.8) is 0 Å². The molecular formula is C22H18N4. The number of imidazole rings is 1. The van der Waals surface area contributed by atoms with Crippen molar-refractivity contribution in [1.29, 1.82) is 5.26 Å². The van der Waals surface area contributed by atoms with E-state index in [2.05, 4.69) is 28.8 Å². The summed E-state index contributed by atoms with van der Waals surface area (Å²) in [4.78, 5) is 4.84. The molecule has 0 fully saturated rings. The van der Waals surface area contributed by atoms with Gasteiger partial charge in [-0.05, 0) is 29.3 Å². The smallest absolute Gasteiger partial charge is 0.141 e. The Kier molecular flexibility index (Phi) is 4.22. The number of nitrogens with zero attached hydrogens (tertiary/aromatic N) is 3. The molecule has 0 aliphatic rings. The van der Waals surface area contributed by atoms with Crippen LogP contribution in [0.4, 0.5) is 0 Å². The van der Waals surface area contributed by atoms with Crippen molar-refractivity contribution in [1.82, 2.24) is 9.55 Å². The van der Waals surface area contributed by atoms with Gasteiger partial charge in [-0.25, -0.2) is 4.98 Å². The second-order valence-electron chi connectivity index (χ2n) is 6.18. The number of nitriles is 1. The zero-order valence-corrected chi connectivity index (χ0v) is 14.3. The van der Waals surface area contributed by atoms with Crippen LogP contribution in [0.25, 0.3) is 22.4 Å². The largest absolute Gasteiger partial charge is 0.326 e. The van der Waals surface area contributed by atoms with Gasteiger partial charge in [-0.1, -0.05) is 54.6 Å². The molecule has 0 aliphatic heterocycles. The molecule has 0 amide bonds. The SMILES string of the molecule is N#Cc1ccccc1Cn1c(-c2ccc(CN)cc2)nc2ccccc21. The standard InChI is InChI=1S/C22H18N4/c23-13-16-9-11-17(12-10-16)22-25-20-7-3-4-8-21(20)26(22)15-19-6-2-1-5-18(19)14-24/h1-12H,13,15,23H2. The molecule has 0 spiro atoms. The molecule has 1 heterocycles. The van der Waals surface area contributed by atoms with Crippen LogP contribution in [0, 0.1) is 11.3 Å². The number of nitrogens with two attached hydrogens (primary N) is 1. The Morgan fingerprint density at radius 2 is 1.65 bits per heavy atom. The van der Waals surface area contributed by atoms with E-state index in [0.717, 1.165) is 33.5 Å². The van der Waals surface area contributed by atoms with Gasteiger partial charge in [0.25, 0.3) is 0 Å². The molecule has 4 heteroatoms. The van der Waals surface area contributed by atoms with E-state index in [1.165, 1.54) is 0 Å². The van der Waals surface area contributed by atoms with Crippen LogP contribution in [-0.2, 0) is 13.1 Å². The van der Waals surface area contributed by atoms with E-state index < -0.39 is 0 Å². The van der Waals surface area contributed by atoms with Gasteiger partial charge in [0.15, 0.2) is 0 Å². The number of aromatic nitrogens is 2. The van der Waals surface area contributed by atoms with Gasteiger partial charge in [0, 0.05) is 12.1 Å². The number of hydrogen-bond donors (Lipinski definition) is 1. The molecule has 0 bridgehead atoms. The van der Waals surface area contributed by atoms with Crippen molar-refractivity contribution in [2.75, 3.05) is 0 Å². The summed E-state index contributed by atoms with van der Waals surface area (Å²) in [5, 5.41) is 9.42. The molecule has 0 atom stereocenters. The average molecular weight is 338 g/mol. The Morgan fingerprint density at radius 3 is 2.42 bits per heavy atom. The van der Waals surface area contributed by atoms with E-state index in [4.69, 9.17) is 10.7 Å². The summed E-state index contributed by atoms with van der Waals surface area (Å²) in [6.45, 7) is 1.12. The maximum Gasteiger partial charge on any atom is 0.141 e. The molecule has 0 radical (unpaired) electrons. The van der Waals surface area contributed by atoms with E-state index in [-0.39, 0.29) is 0 Å². The van der Waals surface area contributed by atoms with Crippen LogP contribution in [0.2, 0.25) is 0 Å². The fourth-order valence-electron chi connectivity index (χ4n) is 3.18. The second-order valence-corrected chi connectivity index (χ2v) is 6.18. The third-order valence-corrected chi connectivity index (χ3v) is 4.57. The molecule has 3 aromatic carbocycles. The van der Waals surface area contributed by atoms with Gasteiger partial charge in [-0.15, -0.1) is 0 Å². The number of hydrogen-bond acceptors (Lipinski definition) is 3. The molecule has 26 heavy (non-hydrogen) atoms. The van der Waals surface area contributed by atoms with Gasteiger partial charge in [0.05, 0.1) is 29.2 Å². The van der Waals surface area contributed by atoms with Gasteiger partial charge >= 0.3 is 0 Å². The maximum absolute atomic E-state index is 9.42. The predicted molar refractivity (Wildman–Crippen MR) is 103 cm³/mol. The van der Waals surface area contributed by atoms with Crippen molar-refractivity contribution < 1.29 is 0 Å². The minimum atomic E-state index is 0.520. The summed E-state index contributed by atoms with van der Waals surface area (Å²) in [7, 11) is 0. The Bertz CT molecular complexity index is 1100. The molecule has 4 nitrogen and oxygen atoms in total. The molecule has 126 valence electrons. The number of fused-ring (bicyclic) bond motifs is 1. The average Bonchev–Trinajstić information content (AvgIpc) is 3.07. The van der Waals surface area contributed by atoms with Crippen molar-refractivity contribution in [2.45, 2.75) is 13.1 Å². The molecule has 0 unspecified atom stereocenters. The van der Waals surface area contributed by atoms with Gasteiger partial charge in [-0.3, -0.25) is 0 Å². The summed E-state index contributed by atoms with van der Waals surface area (Å²) >= 11 is 0. The third kappa shape index (κ3) is 2.85. The van der Waals surface area contributed by atoms with Gasteiger partial charge in [0.1, 0.15) is 5.82 Å². The van der Waals surface area contributed by atoms with E-state index in [1.807, 2.05) is 54.6 Å². The highest BCUT2D eigenvalue weighted by atomic mass is 15.1. The number of para-hydroxylation sites is 2. The number of benzene rings is 3. The lowest BCUT2D eigenvalue weighted by atomic mass is 10.1. The van der Waals surface area contributed by atoms with Gasteiger partial charge < -0.3 is 10.3 Å². The minimum Gasteiger partial charge on any atom is -0.326 e. The van der Waals surface area contributed by atoms with Crippen LogP contribution in [0.5, 0.6) is 0 Å². The molecule has 0 aliphatic carbocycles. The van der Waals surface area contributed by atoms with E-state index in [9.17, 15) is 5.26 Å². The van der Waals surface area contributed by atoms with Crippen molar-refractivity contribution >= 4 is 11.0 Å². The zero-order chi connectivity index (χ0) is 17.9. The van der Waals surface area contributed by atoms with Crippen LogP contribution in [0.3, 0.4) is 0 Å². The fourth-order valence-corrected chi connectivity index (χ4v) is 3.18. The molecule has 4 rings (SSSR count). The van der Waals surface area contributed by atoms with E-state index in [0.29, 0.717) is 18.7 Å². The maximum atomic E-state index is 9.42. The Labute approximate surface area is 152 Å². The normalized spacial score (nSPS) is 10.8. The molecule has 0 saturated heterocycles. The molecular weight excluding hydrogens is 320 g/mol. The molecule has 4 aromatic rings. The quantitative estimate of drug-likeness (QED) is 0.609. The Morgan fingerprint density at radius 1 is 0.923 bits per heavy atom. The monoisotopic (exact) mass is 338 g/mol. The highest BCUT2D eigenvalue weighted by Crippen LogP contribution is 2.26. The Hall–Kier alpha value is -3.42. The summed E-state index contributed by atoms with van der Waals surface area (Å²) in [5.41, 5.74) is 11.5.